The summed E-state index contributed by atoms with van der Waals surface area (Å²) in [7, 11) is 0. The molecule has 3 aliphatic heterocycles. The van der Waals surface area contributed by atoms with Gasteiger partial charge in [-0.1, -0.05) is 66.2 Å². The topological polar surface area (TPSA) is 76.3 Å². The highest BCUT2D eigenvalue weighted by Crippen LogP contribution is 2.51. The van der Waals surface area contributed by atoms with Crippen LogP contribution in [0.1, 0.15) is 141 Å². The third kappa shape index (κ3) is 3.62. The summed E-state index contributed by atoms with van der Waals surface area (Å²) in [5, 5.41) is 10.7. The van der Waals surface area contributed by atoms with Gasteiger partial charge in [0.05, 0.1) is 11.4 Å². The van der Waals surface area contributed by atoms with Crippen molar-refractivity contribution in [3.63, 3.8) is 0 Å². The molecule has 8 nitrogen and oxygen atoms in total. The molecule has 216 valence electrons. The number of nitrogens with zero attached hydrogens (tertiary/aromatic N) is 6. The van der Waals surface area contributed by atoms with Crippen molar-refractivity contribution in [2.75, 3.05) is 9.80 Å². The van der Waals surface area contributed by atoms with Gasteiger partial charge in [-0.25, -0.2) is 9.36 Å². The Morgan fingerprint density at radius 3 is 1.40 bits per heavy atom. The fourth-order valence-electron chi connectivity index (χ4n) is 8.89. The van der Waals surface area contributed by atoms with Crippen LogP contribution in [0.3, 0.4) is 0 Å². The van der Waals surface area contributed by atoms with E-state index in [1.807, 2.05) is 23.6 Å². The lowest BCUT2D eigenvalue weighted by molar-refractivity contribution is -0.120. The van der Waals surface area contributed by atoms with Gasteiger partial charge in [0.15, 0.2) is 0 Å². The average molecular weight is 547 g/mol. The second kappa shape index (κ2) is 9.45. The Balaban J connectivity index is 1.43. The zero-order chi connectivity index (χ0) is 27.8. The minimum absolute atomic E-state index is 0.0461. The van der Waals surface area contributed by atoms with E-state index >= 15 is 0 Å². The predicted molar refractivity (Wildman–Crippen MR) is 155 cm³/mol. The normalized spacial score (nSPS) is 30.9. The first-order chi connectivity index (χ1) is 19.3. The molecule has 0 bridgehead atoms. The van der Waals surface area contributed by atoms with E-state index in [0.717, 1.165) is 61.5 Å². The molecule has 5 heterocycles. The lowest BCUT2D eigenvalue weighted by Gasteiger charge is -2.35. The molecule has 2 saturated heterocycles. The second-order valence-electron chi connectivity index (χ2n) is 13.7. The van der Waals surface area contributed by atoms with Gasteiger partial charge in [0.25, 0.3) is 0 Å². The number of carbonyl (C=O) groups excluding carboxylic acids is 2. The SMILES string of the molecule is CCC1(c2cc3n(n2)C2CC(C)C(=O)N2c2cc(C4(CC)CCCCC4)nn2C2CC(C)C(=O)N32)CCCCC1. The van der Waals surface area contributed by atoms with Crippen LogP contribution in [-0.2, 0) is 20.4 Å². The molecule has 2 aromatic heterocycles. The first-order valence-corrected chi connectivity index (χ1v) is 16.2. The molecule has 5 aliphatic rings. The van der Waals surface area contributed by atoms with Crippen molar-refractivity contribution in [3.05, 3.63) is 23.5 Å². The van der Waals surface area contributed by atoms with E-state index < -0.39 is 0 Å². The van der Waals surface area contributed by atoms with Gasteiger partial charge in [-0.05, 0) is 38.5 Å². The van der Waals surface area contributed by atoms with Crippen LogP contribution in [0, 0.1) is 11.8 Å². The van der Waals surface area contributed by atoms with Gasteiger partial charge in [0, 0.05) is 47.6 Å². The van der Waals surface area contributed by atoms with Crippen molar-refractivity contribution in [2.24, 2.45) is 11.8 Å². The molecule has 4 fully saturated rings. The lowest BCUT2D eigenvalue weighted by atomic mass is 9.70. The van der Waals surface area contributed by atoms with Gasteiger partial charge < -0.3 is 0 Å². The van der Waals surface area contributed by atoms with Gasteiger partial charge in [-0.3, -0.25) is 19.4 Å². The summed E-state index contributed by atoms with van der Waals surface area (Å²) in [6.45, 7) is 8.65. The third-order valence-electron chi connectivity index (χ3n) is 11.6. The Morgan fingerprint density at radius 1 is 0.675 bits per heavy atom. The summed E-state index contributed by atoms with van der Waals surface area (Å²) in [5.74, 6) is 1.78. The van der Waals surface area contributed by atoms with Gasteiger partial charge in [0.2, 0.25) is 11.8 Å². The van der Waals surface area contributed by atoms with E-state index in [1.165, 1.54) is 38.5 Å². The molecule has 4 unspecified atom stereocenters. The van der Waals surface area contributed by atoms with Crippen molar-refractivity contribution < 1.29 is 9.59 Å². The van der Waals surface area contributed by atoms with Crippen LogP contribution in [-0.4, -0.2) is 31.4 Å². The second-order valence-corrected chi connectivity index (χ2v) is 13.7. The van der Waals surface area contributed by atoms with E-state index in [-0.39, 0.29) is 46.8 Å². The average Bonchev–Trinajstić information content (AvgIpc) is 3.73. The Hall–Kier alpha value is -2.64. The third-order valence-corrected chi connectivity index (χ3v) is 11.6. The minimum atomic E-state index is -0.249. The van der Waals surface area contributed by atoms with Crippen LogP contribution in [0.4, 0.5) is 11.6 Å². The highest BCUT2D eigenvalue weighted by Gasteiger charge is 2.51. The van der Waals surface area contributed by atoms with E-state index in [0.29, 0.717) is 12.8 Å². The Labute approximate surface area is 238 Å². The molecule has 7 rings (SSSR count). The molecule has 40 heavy (non-hydrogen) atoms. The smallest absolute Gasteiger partial charge is 0.232 e. The summed E-state index contributed by atoms with van der Waals surface area (Å²) < 4.78 is 4.14. The Bertz CT molecular complexity index is 1210. The summed E-state index contributed by atoms with van der Waals surface area (Å²) >= 11 is 0. The quantitative estimate of drug-likeness (QED) is 0.425. The van der Waals surface area contributed by atoms with Crippen molar-refractivity contribution in [3.8, 4) is 0 Å². The number of hydrogen-bond acceptors (Lipinski definition) is 4. The maximum absolute atomic E-state index is 13.9. The van der Waals surface area contributed by atoms with E-state index in [2.05, 4.69) is 35.3 Å². The van der Waals surface area contributed by atoms with Crippen LogP contribution in [0.5, 0.6) is 0 Å². The molecule has 2 aliphatic carbocycles. The number of aromatic nitrogens is 4. The monoisotopic (exact) mass is 546 g/mol. The number of amides is 2. The Kier molecular flexibility index (Phi) is 6.21. The number of carbonyl (C=O) groups is 2. The zero-order valence-electron chi connectivity index (χ0n) is 24.9. The fourth-order valence-corrected chi connectivity index (χ4v) is 8.89. The molecule has 0 spiro atoms. The molecular weight excluding hydrogens is 500 g/mol. The molecule has 0 radical (unpaired) electrons. The summed E-state index contributed by atoms with van der Waals surface area (Å²) in [6.07, 6.45) is 15.0. The van der Waals surface area contributed by atoms with Gasteiger partial charge in [0.1, 0.15) is 24.0 Å². The number of hydrogen-bond donors (Lipinski definition) is 0. The lowest BCUT2D eigenvalue weighted by Crippen LogP contribution is -2.42. The van der Waals surface area contributed by atoms with Gasteiger partial charge in [-0.15, -0.1) is 0 Å². The molecule has 0 aromatic carbocycles. The van der Waals surface area contributed by atoms with Crippen LogP contribution < -0.4 is 9.80 Å². The summed E-state index contributed by atoms with van der Waals surface area (Å²) in [4.78, 5) is 31.8. The molecule has 2 amide bonds. The maximum atomic E-state index is 13.9. The van der Waals surface area contributed by atoms with Crippen molar-refractivity contribution in [2.45, 2.75) is 141 Å². The predicted octanol–water partition coefficient (Wildman–Crippen LogP) is 6.76. The van der Waals surface area contributed by atoms with Crippen LogP contribution in [0.25, 0.3) is 0 Å². The van der Waals surface area contributed by atoms with Crippen molar-refractivity contribution in [1.29, 1.82) is 0 Å². The molecular formula is C32H46N6O2. The van der Waals surface area contributed by atoms with Gasteiger partial charge in [-0.2, -0.15) is 10.2 Å². The molecule has 2 aromatic rings. The number of fused-ring (bicyclic) bond motifs is 8. The Morgan fingerprint density at radius 2 is 1.05 bits per heavy atom. The molecule has 2 saturated carbocycles. The van der Waals surface area contributed by atoms with E-state index in [4.69, 9.17) is 10.2 Å². The summed E-state index contributed by atoms with van der Waals surface area (Å²) in [5.41, 5.74) is 2.31. The van der Waals surface area contributed by atoms with E-state index in [9.17, 15) is 9.59 Å². The molecule has 4 atom stereocenters. The molecule has 0 N–H and O–H groups in total. The van der Waals surface area contributed by atoms with Crippen LogP contribution in [0.15, 0.2) is 12.1 Å². The van der Waals surface area contributed by atoms with Crippen LogP contribution in [0.2, 0.25) is 0 Å². The highest BCUT2D eigenvalue weighted by molar-refractivity contribution is 5.99. The van der Waals surface area contributed by atoms with E-state index in [1.54, 1.807) is 0 Å². The van der Waals surface area contributed by atoms with Crippen molar-refractivity contribution >= 4 is 23.5 Å². The van der Waals surface area contributed by atoms with Gasteiger partial charge >= 0.3 is 0 Å². The highest BCUT2D eigenvalue weighted by atomic mass is 16.2. The molecule has 8 heteroatoms. The maximum Gasteiger partial charge on any atom is 0.232 e. The number of rotatable bonds is 4. The standard InChI is InChI=1S/C32H46N6O2/c1-5-31(13-9-7-10-14-31)23-19-27-35-26(18-22(4)29(35)39)38-28(36-25(37(27)33-23)17-21(3)30(36)40)20-24(34-38)32(6-2)15-11-8-12-16-32/h19-22,25-26H,5-18H2,1-4H3. The number of anilines is 2. The zero-order valence-corrected chi connectivity index (χ0v) is 24.9. The fraction of sp³-hybridized carbons (Fsp3) is 0.750. The van der Waals surface area contributed by atoms with Crippen molar-refractivity contribution in [1.82, 2.24) is 19.6 Å². The largest absolute Gasteiger partial charge is 0.274 e. The van der Waals surface area contributed by atoms with Crippen LogP contribution >= 0.6 is 0 Å². The first-order valence-electron chi connectivity index (χ1n) is 16.2. The first kappa shape index (κ1) is 26.3. The minimum Gasteiger partial charge on any atom is -0.274 e. The summed E-state index contributed by atoms with van der Waals surface area (Å²) in [6, 6.07) is 4.43.